The summed E-state index contributed by atoms with van der Waals surface area (Å²) in [4.78, 5) is 2.12. The van der Waals surface area contributed by atoms with Crippen molar-refractivity contribution in [1.82, 2.24) is 4.90 Å². The van der Waals surface area contributed by atoms with Gasteiger partial charge in [-0.1, -0.05) is 0 Å². The van der Waals surface area contributed by atoms with Crippen molar-refractivity contribution < 1.29 is 14.2 Å². The molecule has 0 aromatic heterocycles. The van der Waals surface area contributed by atoms with E-state index in [0.717, 1.165) is 6.54 Å². The van der Waals surface area contributed by atoms with E-state index in [1.807, 2.05) is 27.8 Å². The lowest BCUT2D eigenvalue weighted by atomic mass is 9.99. The minimum absolute atomic E-state index is 0.244. The van der Waals surface area contributed by atoms with Gasteiger partial charge in [-0.2, -0.15) is 0 Å². The molecule has 0 bridgehead atoms. The first kappa shape index (κ1) is 16.8. The van der Waals surface area contributed by atoms with Gasteiger partial charge >= 0.3 is 0 Å². The molecule has 104 valence electrons. The van der Waals surface area contributed by atoms with Crippen LogP contribution in [-0.2, 0) is 14.2 Å². The number of rotatable bonds is 9. The Bertz CT molecular complexity index is 198. The van der Waals surface area contributed by atoms with Crippen molar-refractivity contribution in [3.8, 4) is 0 Å². The van der Waals surface area contributed by atoms with Crippen LogP contribution in [0.25, 0.3) is 0 Å². The van der Waals surface area contributed by atoms with Gasteiger partial charge in [0, 0.05) is 27.3 Å². The van der Waals surface area contributed by atoms with Gasteiger partial charge in [0.1, 0.15) is 0 Å². The largest absolute Gasteiger partial charge is 0.377 e. The van der Waals surface area contributed by atoms with Crippen molar-refractivity contribution in [1.29, 1.82) is 0 Å². The molecule has 0 fully saturated rings. The molecule has 0 rings (SSSR count). The molecule has 0 spiro atoms. The third kappa shape index (κ3) is 4.89. The van der Waals surface area contributed by atoms with Crippen molar-refractivity contribution in [3.63, 3.8) is 0 Å². The van der Waals surface area contributed by atoms with Crippen molar-refractivity contribution >= 4 is 0 Å². The minimum Gasteiger partial charge on any atom is -0.377 e. The number of nitrogens with two attached hydrogens (primary N) is 1. The average molecular weight is 248 g/mol. The van der Waals surface area contributed by atoms with E-state index in [2.05, 4.69) is 4.90 Å². The molecule has 0 amide bonds. The topological polar surface area (TPSA) is 57.0 Å². The number of likely N-dealkylation sites (N-methyl/N-ethyl adjacent to an activating group) is 1. The molecule has 1 unspecified atom stereocenters. The molecular weight excluding hydrogens is 220 g/mol. The fourth-order valence-electron chi connectivity index (χ4n) is 1.72. The highest BCUT2D eigenvalue weighted by Gasteiger charge is 2.37. The van der Waals surface area contributed by atoms with Gasteiger partial charge in [0.25, 0.3) is 0 Å². The van der Waals surface area contributed by atoms with Crippen molar-refractivity contribution in [2.45, 2.75) is 38.7 Å². The Morgan fingerprint density at radius 1 is 1.24 bits per heavy atom. The SMILES string of the molecule is COC(OC)C(C)(CN)N(C)CCOC(C)C. The quantitative estimate of drug-likeness (QED) is 0.608. The van der Waals surface area contributed by atoms with Crippen LogP contribution in [-0.4, -0.2) is 63.8 Å². The van der Waals surface area contributed by atoms with E-state index in [0.29, 0.717) is 13.2 Å². The van der Waals surface area contributed by atoms with Gasteiger partial charge in [-0.3, -0.25) is 4.90 Å². The van der Waals surface area contributed by atoms with E-state index < -0.39 is 0 Å². The molecule has 0 heterocycles. The lowest BCUT2D eigenvalue weighted by Crippen LogP contribution is -2.59. The second-order valence-electron chi connectivity index (χ2n) is 4.71. The van der Waals surface area contributed by atoms with Gasteiger partial charge in [-0.15, -0.1) is 0 Å². The Balaban J connectivity index is 4.40. The van der Waals surface area contributed by atoms with E-state index in [9.17, 15) is 0 Å². The van der Waals surface area contributed by atoms with Gasteiger partial charge in [0.05, 0.1) is 18.2 Å². The van der Waals surface area contributed by atoms with Crippen LogP contribution in [0, 0.1) is 0 Å². The first-order chi connectivity index (χ1) is 7.92. The van der Waals surface area contributed by atoms with Crippen LogP contribution in [0.5, 0.6) is 0 Å². The monoisotopic (exact) mass is 248 g/mol. The van der Waals surface area contributed by atoms with Crippen LogP contribution >= 0.6 is 0 Å². The number of hydrogen-bond acceptors (Lipinski definition) is 5. The fourth-order valence-corrected chi connectivity index (χ4v) is 1.72. The molecule has 0 aliphatic carbocycles. The molecular formula is C12H28N2O3. The average Bonchev–Trinajstić information content (AvgIpc) is 2.29. The Morgan fingerprint density at radius 2 is 1.76 bits per heavy atom. The van der Waals surface area contributed by atoms with Crippen molar-refractivity contribution in [2.24, 2.45) is 5.73 Å². The highest BCUT2D eigenvalue weighted by atomic mass is 16.7. The standard InChI is InChI=1S/C12H28N2O3/c1-10(2)17-8-7-14(4)12(3,9-13)11(15-5)16-6/h10-11H,7-9,13H2,1-6H3. The summed E-state index contributed by atoms with van der Waals surface area (Å²) in [7, 11) is 5.25. The van der Waals surface area contributed by atoms with Crippen LogP contribution in [0.15, 0.2) is 0 Å². The Kier molecular flexibility index (Phi) is 7.91. The van der Waals surface area contributed by atoms with Crippen LogP contribution in [0.3, 0.4) is 0 Å². The van der Waals surface area contributed by atoms with Gasteiger partial charge in [-0.25, -0.2) is 0 Å². The molecule has 0 aliphatic rings. The summed E-state index contributed by atoms with van der Waals surface area (Å²) in [5, 5.41) is 0. The molecule has 0 aliphatic heterocycles. The predicted octanol–water partition coefficient (Wildman–Crippen LogP) is 0.680. The first-order valence-corrected chi connectivity index (χ1v) is 6.00. The molecule has 1 atom stereocenters. The van der Waals surface area contributed by atoms with E-state index in [1.165, 1.54) is 0 Å². The molecule has 0 saturated carbocycles. The summed E-state index contributed by atoms with van der Waals surface area (Å²) >= 11 is 0. The van der Waals surface area contributed by atoms with Crippen LogP contribution < -0.4 is 5.73 Å². The zero-order valence-electron chi connectivity index (χ0n) is 12.0. The first-order valence-electron chi connectivity index (χ1n) is 6.00. The summed E-state index contributed by atoms with van der Waals surface area (Å²) in [5.74, 6) is 0. The highest BCUT2D eigenvalue weighted by Crippen LogP contribution is 2.19. The van der Waals surface area contributed by atoms with Gasteiger partial charge in [0.15, 0.2) is 6.29 Å². The fraction of sp³-hybridized carbons (Fsp3) is 1.00. The highest BCUT2D eigenvalue weighted by molar-refractivity contribution is 4.89. The molecule has 5 nitrogen and oxygen atoms in total. The lowest BCUT2D eigenvalue weighted by molar-refractivity contribution is -0.179. The summed E-state index contributed by atoms with van der Waals surface area (Å²) in [5.41, 5.74) is 5.49. The summed E-state index contributed by atoms with van der Waals surface area (Å²) < 4.78 is 16.2. The maximum absolute atomic E-state index is 5.85. The third-order valence-corrected chi connectivity index (χ3v) is 3.10. The zero-order valence-corrected chi connectivity index (χ0v) is 12.0. The van der Waals surface area contributed by atoms with E-state index in [1.54, 1.807) is 14.2 Å². The third-order valence-electron chi connectivity index (χ3n) is 3.10. The molecule has 0 aromatic carbocycles. The molecule has 0 saturated heterocycles. The summed E-state index contributed by atoms with van der Waals surface area (Å²) in [6.07, 6.45) is -0.107. The number of hydrogen-bond donors (Lipinski definition) is 1. The van der Waals surface area contributed by atoms with Crippen LogP contribution in [0.2, 0.25) is 0 Å². The Labute approximate surface area is 105 Å². The van der Waals surface area contributed by atoms with Crippen LogP contribution in [0.1, 0.15) is 20.8 Å². The summed E-state index contributed by atoms with van der Waals surface area (Å²) in [6.45, 7) is 7.99. The van der Waals surface area contributed by atoms with E-state index in [-0.39, 0.29) is 17.9 Å². The van der Waals surface area contributed by atoms with Gasteiger partial charge in [-0.05, 0) is 27.8 Å². The number of nitrogens with zero attached hydrogens (tertiary/aromatic N) is 1. The predicted molar refractivity (Wildman–Crippen MR) is 69.0 cm³/mol. The maximum atomic E-state index is 5.85. The normalized spacial score (nSPS) is 15.9. The number of methoxy groups -OCH3 is 2. The molecule has 5 heteroatoms. The van der Waals surface area contributed by atoms with Gasteiger partial charge < -0.3 is 19.9 Å². The minimum atomic E-state index is -0.357. The lowest BCUT2D eigenvalue weighted by Gasteiger charge is -2.42. The second-order valence-corrected chi connectivity index (χ2v) is 4.71. The molecule has 2 N–H and O–H groups in total. The second kappa shape index (κ2) is 8.00. The zero-order chi connectivity index (χ0) is 13.5. The van der Waals surface area contributed by atoms with E-state index >= 15 is 0 Å². The molecule has 0 aromatic rings. The van der Waals surface area contributed by atoms with E-state index in [4.69, 9.17) is 19.9 Å². The van der Waals surface area contributed by atoms with Crippen molar-refractivity contribution in [2.75, 3.05) is 41.0 Å². The van der Waals surface area contributed by atoms with Gasteiger partial charge in [0.2, 0.25) is 0 Å². The van der Waals surface area contributed by atoms with Crippen molar-refractivity contribution in [3.05, 3.63) is 0 Å². The maximum Gasteiger partial charge on any atom is 0.176 e. The molecule has 17 heavy (non-hydrogen) atoms. The molecule has 0 radical (unpaired) electrons. The number of ether oxygens (including phenoxy) is 3. The Morgan fingerprint density at radius 3 is 2.12 bits per heavy atom. The summed E-state index contributed by atoms with van der Waals surface area (Å²) in [6, 6.07) is 0. The van der Waals surface area contributed by atoms with Crippen LogP contribution in [0.4, 0.5) is 0 Å². The smallest absolute Gasteiger partial charge is 0.176 e. The Hall–Kier alpha value is -0.200.